The molecule has 1 aromatic rings. The van der Waals surface area contributed by atoms with E-state index < -0.39 is 0 Å². The average Bonchev–Trinajstić information content (AvgIpc) is 2.38. The number of halogens is 1. The summed E-state index contributed by atoms with van der Waals surface area (Å²) in [5, 5.41) is 0. The molecule has 1 saturated carbocycles. The van der Waals surface area contributed by atoms with Gasteiger partial charge in [-0.1, -0.05) is 25.2 Å². The van der Waals surface area contributed by atoms with Crippen molar-refractivity contribution in [2.24, 2.45) is 5.92 Å². The molecule has 2 heteroatoms. The van der Waals surface area contributed by atoms with Crippen LogP contribution in [0.2, 0.25) is 0 Å². The minimum absolute atomic E-state index is 0.303. The molecular weight excluding hydrogens is 215 g/mol. The summed E-state index contributed by atoms with van der Waals surface area (Å²) in [6.07, 6.45) is 11.7. The monoisotopic (exact) mass is 232 g/mol. The van der Waals surface area contributed by atoms with Gasteiger partial charge in [0.1, 0.15) is 11.6 Å². The second-order valence-corrected chi connectivity index (χ2v) is 4.60. The molecule has 1 nitrogen and oxygen atoms in total. The first-order valence-electron chi connectivity index (χ1n) is 6.18. The van der Waals surface area contributed by atoms with Crippen LogP contribution in [0.25, 0.3) is 0 Å². The van der Waals surface area contributed by atoms with Crippen LogP contribution in [0.4, 0.5) is 4.39 Å². The van der Waals surface area contributed by atoms with Crippen LogP contribution in [0.15, 0.2) is 18.2 Å². The van der Waals surface area contributed by atoms with Crippen molar-refractivity contribution < 1.29 is 9.13 Å². The largest absolute Gasteiger partial charge is 0.492 e. The van der Waals surface area contributed by atoms with E-state index in [1.807, 2.05) is 0 Å². The van der Waals surface area contributed by atoms with Crippen molar-refractivity contribution in [3.05, 3.63) is 29.6 Å². The third-order valence-corrected chi connectivity index (χ3v) is 3.30. The zero-order valence-electron chi connectivity index (χ0n) is 9.92. The highest BCUT2D eigenvalue weighted by Gasteiger charge is 2.14. The Kier molecular flexibility index (Phi) is 4.03. The zero-order valence-corrected chi connectivity index (χ0v) is 9.92. The lowest BCUT2D eigenvalue weighted by Gasteiger charge is -2.22. The van der Waals surface area contributed by atoms with Gasteiger partial charge in [-0.25, -0.2) is 4.39 Å². The molecule has 0 radical (unpaired) electrons. The Bertz CT molecular complexity index is 413. The van der Waals surface area contributed by atoms with Gasteiger partial charge < -0.3 is 4.74 Å². The molecule has 1 fully saturated rings. The van der Waals surface area contributed by atoms with Crippen molar-refractivity contribution in [3.8, 4) is 18.1 Å². The zero-order chi connectivity index (χ0) is 12.1. The Morgan fingerprint density at radius 1 is 1.29 bits per heavy atom. The van der Waals surface area contributed by atoms with Crippen molar-refractivity contribution in [3.63, 3.8) is 0 Å². The summed E-state index contributed by atoms with van der Waals surface area (Å²) >= 11 is 0. The number of rotatable bonds is 3. The lowest BCUT2D eigenvalue weighted by atomic mass is 9.90. The summed E-state index contributed by atoms with van der Waals surface area (Å²) < 4.78 is 18.8. The van der Waals surface area contributed by atoms with Crippen LogP contribution in [0, 0.1) is 24.1 Å². The van der Waals surface area contributed by atoms with E-state index in [4.69, 9.17) is 11.2 Å². The van der Waals surface area contributed by atoms with E-state index in [9.17, 15) is 4.39 Å². The minimum Gasteiger partial charge on any atom is -0.492 e. The third-order valence-electron chi connectivity index (χ3n) is 3.30. The highest BCUT2D eigenvalue weighted by Crippen LogP contribution is 2.26. The van der Waals surface area contributed by atoms with Gasteiger partial charge in [0.05, 0.1) is 12.2 Å². The quantitative estimate of drug-likeness (QED) is 0.721. The van der Waals surface area contributed by atoms with Crippen LogP contribution < -0.4 is 4.74 Å². The number of benzene rings is 1. The second kappa shape index (κ2) is 5.72. The molecule has 0 aliphatic heterocycles. The normalized spacial score (nSPS) is 16.5. The summed E-state index contributed by atoms with van der Waals surface area (Å²) in [4.78, 5) is 0. The lowest BCUT2D eigenvalue weighted by molar-refractivity contribution is 0.208. The predicted octanol–water partition coefficient (Wildman–Crippen LogP) is 3.77. The van der Waals surface area contributed by atoms with Gasteiger partial charge in [0.25, 0.3) is 0 Å². The SMILES string of the molecule is C#Cc1ccc(F)cc1OCC1CCCCC1. The lowest BCUT2D eigenvalue weighted by Crippen LogP contribution is -2.15. The molecular formula is C15H17FO. The molecule has 90 valence electrons. The van der Waals surface area contributed by atoms with Crippen molar-refractivity contribution in [2.45, 2.75) is 32.1 Å². The highest BCUT2D eigenvalue weighted by atomic mass is 19.1. The fraction of sp³-hybridized carbons (Fsp3) is 0.467. The van der Waals surface area contributed by atoms with Gasteiger partial charge in [-0.2, -0.15) is 0 Å². The molecule has 1 aromatic carbocycles. The third kappa shape index (κ3) is 3.23. The van der Waals surface area contributed by atoms with Crippen LogP contribution in [-0.4, -0.2) is 6.61 Å². The van der Waals surface area contributed by atoms with E-state index in [-0.39, 0.29) is 5.82 Å². The first kappa shape index (κ1) is 12.0. The Labute approximate surface area is 102 Å². The molecule has 0 bridgehead atoms. The molecule has 0 aromatic heterocycles. The van der Waals surface area contributed by atoms with Gasteiger partial charge in [0.15, 0.2) is 0 Å². The molecule has 0 heterocycles. The average molecular weight is 232 g/mol. The van der Waals surface area contributed by atoms with E-state index >= 15 is 0 Å². The van der Waals surface area contributed by atoms with Gasteiger partial charge in [0, 0.05) is 6.07 Å². The molecule has 0 unspecified atom stereocenters. The van der Waals surface area contributed by atoms with Crippen molar-refractivity contribution in [1.82, 2.24) is 0 Å². The molecule has 2 rings (SSSR count). The van der Waals surface area contributed by atoms with Gasteiger partial charge in [-0.05, 0) is 30.9 Å². The minimum atomic E-state index is -0.303. The Balaban J connectivity index is 1.98. The summed E-state index contributed by atoms with van der Waals surface area (Å²) in [6, 6.07) is 4.33. The maximum Gasteiger partial charge on any atom is 0.137 e. The molecule has 17 heavy (non-hydrogen) atoms. The molecule has 0 saturated heterocycles. The molecule has 1 aliphatic carbocycles. The summed E-state index contributed by atoms with van der Waals surface area (Å²) in [7, 11) is 0. The number of hydrogen-bond acceptors (Lipinski definition) is 1. The molecule has 0 spiro atoms. The van der Waals surface area contributed by atoms with E-state index in [0.717, 1.165) is 0 Å². The second-order valence-electron chi connectivity index (χ2n) is 4.60. The van der Waals surface area contributed by atoms with Crippen LogP contribution in [-0.2, 0) is 0 Å². The van der Waals surface area contributed by atoms with E-state index in [1.54, 1.807) is 6.07 Å². The van der Waals surface area contributed by atoms with E-state index in [1.165, 1.54) is 44.2 Å². The van der Waals surface area contributed by atoms with Crippen LogP contribution in [0.3, 0.4) is 0 Å². The van der Waals surface area contributed by atoms with Crippen molar-refractivity contribution in [2.75, 3.05) is 6.61 Å². The fourth-order valence-electron chi connectivity index (χ4n) is 2.30. The molecule has 1 aliphatic rings. The van der Waals surface area contributed by atoms with Crippen molar-refractivity contribution in [1.29, 1.82) is 0 Å². The predicted molar refractivity (Wildman–Crippen MR) is 66.4 cm³/mol. The first-order valence-corrected chi connectivity index (χ1v) is 6.18. The van der Waals surface area contributed by atoms with Crippen LogP contribution in [0.1, 0.15) is 37.7 Å². The summed E-state index contributed by atoms with van der Waals surface area (Å²) in [6.45, 7) is 0.651. The number of hydrogen-bond donors (Lipinski definition) is 0. The fourth-order valence-corrected chi connectivity index (χ4v) is 2.30. The maximum absolute atomic E-state index is 13.1. The molecule has 0 N–H and O–H groups in total. The van der Waals surface area contributed by atoms with Gasteiger partial charge in [-0.3, -0.25) is 0 Å². The van der Waals surface area contributed by atoms with Gasteiger partial charge in [0.2, 0.25) is 0 Å². The van der Waals surface area contributed by atoms with E-state index in [2.05, 4.69) is 5.92 Å². The van der Waals surface area contributed by atoms with Gasteiger partial charge in [-0.15, -0.1) is 6.42 Å². The summed E-state index contributed by atoms with van der Waals surface area (Å²) in [5.41, 5.74) is 0.627. The van der Waals surface area contributed by atoms with Gasteiger partial charge >= 0.3 is 0 Å². The standard InChI is InChI=1S/C15H17FO/c1-2-13-8-9-14(16)10-15(13)17-11-12-6-4-3-5-7-12/h1,8-10,12H,3-7,11H2. The number of ether oxygens (including phenoxy) is 1. The first-order chi connectivity index (χ1) is 8.29. The van der Waals surface area contributed by atoms with E-state index in [0.29, 0.717) is 23.8 Å². The van der Waals surface area contributed by atoms with Crippen LogP contribution in [0.5, 0.6) is 5.75 Å². The Hall–Kier alpha value is -1.49. The Morgan fingerprint density at radius 3 is 2.76 bits per heavy atom. The van der Waals surface area contributed by atoms with Crippen LogP contribution >= 0.6 is 0 Å². The maximum atomic E-state index is 13.1. The van der Waals surface area contributed by atoms with Crippen molar-refractivity contribution >= 4 is 0 Å². The Morgan fingerprint density at radius 2 is 2.06 bits per heavy atom. The smallest absolute Gasteiger partial charge is 0.137 e. The topological polar surface area (TPSA) is 9.23 Å². The highest BCUT2D eigenvalue weighted by molar-refractivity contribution is 5.44. The number of terminal acetylenes is 1. The molecule has 0 amide bonds. The molecule has 0 atom stereocenters. The summed E-state index contributed by atoms with van der Waals surface area (Å²) in [5.74, 6) is 3.31.